The molecule has 11 heteroatoms. The highest BCUT2D eigenvalue weighted by molar-refractivity contribution is 9.10. The molecule has 3 N–H and O–H groups in total. The number of carbonyl (C=O) groups is 1. The molecule has 0 spiro atoms. The molecular weight excluding hydrogens is 590 g/mol. The molecule has 0 saturated heterocycles. The van der Waals surface area contributed by atoms with Crippen LogP contribution < -0.4 is 0 Å². The number of fused-ring (bicyclic) bond motifs is 1. The number of carbonyl (C=O) groups excluding carboxylic acids is 1. The van der Waals surface area contributed by atoms with Gasteiger partial charge in [-0.2, -0.15) is 0 Å². The molecule has 2 aromatic carbocycles. The van der Waals surface area contributed by atoms with Crippen molar-refractivity contribution < 1.29 is 24.3 Å². The second kappa shape index (κ2) is 11.8. The number of halogens is 2. The minimum atomic E-state index is -1.37. The van der Waals surface area contributed by atoms with Crippen molar-refractivity contribution in [1.82, 2.24) is 14.1 Å². The summed E-state index contributed by atoms with van der Waals surface area (Å²) in [5, 5.41) is 11.5. The largest absolute Gasteiger partial charge is 0.506 e. The van der Waals surface area contributed by atoms with Gasteiger partial charge in [-0.3, -0.25) is 4.21 Å². The summed E-state index contributed by atoms with van der Waals surface area (Å²) in [5.74, 6) is -0.337. The maximum atomic E-state index is 13.1. The lowest BCUT2D eigenvalue weighted by atomic mass is 10.0. The van der Waals surface area contributed by atoms with Crippen molar-refractivity contribution in [2.24, 2.45) is 7.05 Å². The van der Waals surface area contributed by atoms with E-state index in [0.29, 0.717) is 38.1 Å². The highest BCUT2D eigenvalue weighted by atomic mass is 79.9. The summed E-state index contributed by atoms with van der Waals surface area (Å²) in [5.41, 5.74) is 2.20. The summed E-state index contributed by atoms with van der Waals surface area (Å²) >= 11 is 3.43. The molecule has 0 bridgehead atoms. The number of nitrogens with zero attached hydrogens (tertiary/aromatic N) is 3. The third-order valence-electron chi connectivity index (χ3n) is 5.29. The topological polar surface area (TPSA) is 118 Å². The Morgan fingerprint density at radius 2 is 1.97 bits per heavy atom. The lowest BCUT2D eigenvalue weighted by Gasteiger charge is -2.11. The molecule has 0 fully saturated rings. The first-order chi connectivity index (χ1) is 15.4. The van der Waals surface area contributed by atoms with Crippen LogP contribution in [0.5, 0.6) is 5.75 Å². The van der Waals surface area contributed by atoms with Crippen molar-refractivity contribution in [2.75, 3.05) is 6.61 Å². The normalized spacial score (nSPS) is 11.5. The standard InChI is InChI=1S/C23H22BrN3O4S.BrH.H2O/c1-3-31-23(29)21-19(13-32(30)15-7-5-4-6-8-15)26(2)18-11-17(24)22(28)16(20(18)21)12-27-10-9-25-14-27;;/h4-11,14,28H,3,12-13H2,1-2H3;1H;1H2. The van der Waals surface area contributed by atoms with E-state index in [0.717, 1.165) is 5.52 Å². The number of aromatic nitrogens is 3. The maximum absolute atomic E-state index is 13.1. The molecule has 4 rings (SSSR count). The number of aromatic hydroxyl groups is 1. The molecule has 2 heterocycles. The van der Waals surface area contributed by atoms with Crippen molar-refractivity contribution in [3.63, 3.8) is 0 Å². The van der Waals surface area contributed by atoms with Gasteiger partial charge in [-0.1, -0.05) is 18.2 Å². The van der Waals surface area contributed by atoms with Crippen molar-refractivity contribution in [2.45, 2.75) is 24.1 Å². The van der Waals surface area contributed by atoms with Gasteiger partial charge in [0.15, 0.2) is 0 Å². The first-order valence-electron chi connectivity index (χ1n) is 10.00. The van der Waals surface area contributed by atoms with E-state index in [1.54, 1.807) is 43.8 Å². The van der Waals surface area contributed by atoms with Crippen molar-refractivity contribution in [1.29, 1.82) is 0 Å². The van der Waals surface area contributed by atoms with Crippen LogP contribution in [0, 0.1) is 0 Å². The lowest BCUT2D eigenvalue weighted by Crippen LogP contribution is -2.11. The zero-order valence-corrected chi connectivity index (χ0v) is 22.6. The van der Waals surface area contributed by atoms with Crippen molar-refractivity contribution in [3.8, 4) is 5.75 Å². The summed E-state index contributed by atoms with van der Waals surface area (Å²) in [6, 6.07) is 10.9. The van der Waals surface area contributed by atoms with E-state index in [-0.39, 0.29) is 40.6 Å². The van der Waals surface area contributed by atoms with Gasteiger partial charge < -0.3 is 24.5 Å². The molecule has 0 amide bonds. The molecular formula is C23H25Br2N3O5S. The minimum Gasteiger partial charge on any atom is -0.506 e. The molecule has 0 aliphatic heterocycles. The van der Waals surface area contributed by atoms with Gasteiger partial charge >= 0.3 is 5.97 Å². The molecule has 2 aromatic heterocycles. The van der Waals surface area contributed by atoms with Gasteiger partial charge in [0.2, 0.25) is 0 Å². The molecule has 0 aliphatic carbocycles. The van der Waals surface area contributed by atoms with Crippen LogP contribution in [0.1, 0.15) is 28.5 Å². The number of hydrogen-bond donors (Lipinski definition) is 1. The van der Waals surface area contributed by atoms with Crippen LogP contribution in [0.15, 0.2) is 64.5 Å². The summed E-state index contributed by atoms with van der Waals surface area (Å²) in [7, 11) is 0.458. The number of esters is 1. The molecule has 34 heavy (non-hydrogen) atoms. The fraction of sp³-hybridized carbons (Fsp3) is 0.217. The zero-order chi connectivity index (χ0) is 22.8. The second-order valence-corrected chi connectivity index (χ2v) is 9.52. The van der Waals surface area contributed by atoms with E-state index < -0.39 is 16.8 Å². The van der Waals surface area contributed by atoms with Crippen LogP contribution in [0.3, 0.4) is 0 Å². The minimum absolute atomic E-state index is 0. The Kier molecular flexibility index (Phi) is 9.63. The number of imidazole rings is 1. The van der Waals surface area contributed by atoms with Crippen molar-refractivity contribution in [3.05, 3.63) is 76.4 Å². The third-order valence-corrected chi connectivity index (χ3v) is 7.23. The Balaban J connectivity index is 0.00000204. The van der Waals surface area contributed by atoms with Crippen LogP contribution in [0.4, 0.5) is 0 Å². The molecule has 1 unspecified atom stereocenters. The predicted octanol–water partition coefficient (Wildman–Crippen LogP) is 4.13. The van der Waals surface area contributed by atoms with Gasteiger partial charge in [-0.05, 0) is 41.1 Å². The number of aryl methyl sites for hydroxylation is 1. The molecule has 0 radical (unpaired) electrons. The number of ether oxygens (including phenoxy) is 1. The smallest absolute Gasteiger partial charge is 0.340 e. The maximum Gasteiger partial charge on any atom is 0.340 e. The quantitative estimate of drug-likeness (QED) is 0.314. The molecule has 0 saturated carbocycles. The van der Waals surface area contributed by atoms with E-state index in [1.165, 1.54) is 0 Å². The molecule has 182 valence electrons. The first-order valence-corrected chi connectivity index (χ1v) is 12.1. The number of benzene rings is 2. The number of phenolic OH excluding ortho intramolecular Hbond substituents is 1. The predicted molar refractivity (Wildman–Crippen MR) is 140 cm³/mol. The van der Waals surface area contributed by atoms with E-state index >= 15 is 0 Å². The monoisotopic (exact) mass is 613 g/mol. The van der Waals surface area contributed by atoms with E-state index in [9.17, 15) is 14.1 Å². The number of rotatable bonds is 7. The van der Waals surface area contributed by atoms with Crippen LogP contribution in [0.2, 0.25) is 0 Å². The Morgan fingerprint density at radius 3 is 2.59 bits per heavy atom. The van der Waals surface area contributed by atoms with E-state index in [1.807, 2.05) is 34.4 Å². The fourth-order valence-electron chi connectivity index (χ4n) is 3.77. The molecule has 4 aromatic rings. The summed E-state index contributed by atoms with van der Waals surface area (Å²) < 4.78 is 22.7. The first kappa shape index (κ1) is 27.8. The van der Waals surface area contributed by atoms with Gasteiger partial charge in [0.1, 0.15) is 5.75 Å². The summed E-state index contributed by atoms with van der Waals surface area (Å²) in [6.07, 6.45) is 5.08. The highest BCUT2D eigenvalue weighted by Crippen LogP contribution is 2.40. The van der Waals surface area contributed by atoms with Gasteiger partial charge in [0.05, 0.1) is 51.6 Å². The van der Waals surface area contributed by atoms with E-state index in [4.69, 9.17) is 4.74 Å². The van der Waals surface area contributed by atoms with Gasteiger partial charge in [-0.15, -0.1) is 17.0 Å². The molecule has 1 atom stereocenters. The molecule has 0 aliphatic rings. The average Bonchev–Trinajstić information content (AvgIpc) is 3.39. The van der Waals surface area contributed by atoms with Gasteiger partial charge in [0, 0.05) is 41.0 Å². The Hall–Kier alpha value is -2.47. The lowest BCUT2D eigenvalue weighted by molar-refractivity contribution is 0.0527. The third kappa shape index (κ3) is 5.27. The summed E-state index contributed by atoms with van der Waals surface area (Å²) in [6.45, 7) is 2.25. The van der Waals surface area contributed by atoms with Crippen LogP contribution in [0.25, 0.3) is 10.9 Å². The van der Waals surface area contributed by atoms with E-state index in [2.05, 4.69) is 20.9 Å². The Morgan fingerprint density at radius 1 is 1.26 bits per heavy atom. The molecule has 8 nitrogen and oxygen atoms in total. The SMILES string of the molecule is Br.CCOC(=O)c1c(CS(=O)c2ccccc2)n(C)c2cc(Br)c(O)c(Cn3ccnc3)c12.O. The second-order valence-electron chi connectivity index (χ2n) is 7.22. The van der Waals surface area contributed by atoms with Crippen LogP contribution in [-0.2, 0) is 34.9 Å². The fourth-order valence-corrected chi connectivity index (χ4v) is 5.44. The Labute approximate surface area is 218 Å². The van der Waals surface area contributed by atoms with Crippen molar-refractivity contribution >= 4 is 60.6 Å². The number of phenols is 1. The zero-order valence-electron chi connectivity index (χ0n) is 18.5. The van der Waals surface area contributed by atoms with Crippen LogP contribution >= 0.6 is 32.9 Å². The summed E-state index contributed by atoms with van der Waals surface area (Å²) in [4.78, 5) is 17.9. The number of hydrogen-bond acceptors (Lipinski definition) is 5. The average molecular weight is 615 g/mol. The van der Waals surface area contributed by atoms with Crippen LogP contribution in [-0.4, -0.2) is 41.5 Å². The highest BCUT2D eigenvalue weighted by Gasteiger charge is 2.28. The Bertz CT molecular complexity index is 1310. The van der Waals surface area contributed by atoms with Gasteiger partial charge in [-0.25, -0.2) is 9.78 Å². The van der Waals surface area contributed by atoms with Gasteiger partial charge in [0.25, 0.3) is 0 Å².